The van der Waals surface area contributed by atoms with Crippen molar-refractivity contribution in [2.24, 2.45) is 0 Å². The Bertz CT molecular complexity index is 966. The van der Waals surface area contributed by atoms with Gasteiger partial charge in [-0.05, 0) is 74.3 Å². The molecule has 1 aliphatic heterocycles. The Labute approximate surface area is 179 Å². The van der Waals surface area contributed by atoms with Crippen LogP contribution in [0.4, 0.5) is 5.69 Å². The molecular weight excluding hydrogens is 372 g/mol. The molecule has 158 valence electrons. The molecule has 0 aliphatic carbocycles. The summed E-state index contributed by atoms with van der Waals surface area (Å²) in [6.07, 6.45) is 9.23. The van der Waals surface area contributed by atoms with Gasteiger partial charge in [-0.25, -0.2) is 0 Å². The van der Waals surface area contributed by atoms with E-state index < -0.39 is 0 Å². The second kappa shape index (κ2) is 9.86. The molecule has 3 aromatic rings. The van der Waals surface area contributed by atoms with Crippen LogP contribution in [0.3, 0.4) is 0 Å². The van der Waals surface area contributed by atoms with Crippen LogP contribution in [-0.4, -0.2) is 45.2 Å². The van der Waals surface area contributed by atoms with Crippen molar-refractivity contribution in [1.82, 2.24) is 4.90 Å². The highest BCUT2D eigenvalue weighted by Crippen LogP contribution is 2.26. The Hall–Kier alpha value is -2.72. The van der Waals surface area contributed by atoms with Gasteiger partial charge >= 0.3 is 0 Å². The molecular formula is C26H32N2O2. The highest BCUT2D eigenvalue weighted by Gasteiger charge is 2.09. The lowest BCUT2D eigenvalue weighted by molar-refractivity contribution is 0.205. The van der Waals surface area contributed by atoms with Gasteiger partial charge in [0.15, 0.2) is 0 Å². The Balaban J connectivity index is 1.32. The first-order valence-electron chi connectivity index (χ1n) is 11.0. The summed E-state index contributed by atoms with van der Waals surface area (Å²) >= 11 is 0. The second-order valence-corrected chi connectivity index (χ2v) is 8.27. The van der Waals surface area contributed by atoms with Crippen molar-refractivity contribution in [2.45, 2.75) is 25.7 Å². The molecule has 30 heavy (non-hydrogen) atoms. The largest absolute Gasteiger partial charge is 0.493 e. The molecule has 0 unspecified atom stereocenters. The first-order chi connectivity index (χ1) is 14.7. The van der Waals surface area contributed by atoms with Crippen LogP contribution >= 0.6 is 0 Å². The van der Waals surface area contributed by atoms with E-state index >= 15 is 0 Å². The first kappa shape index (κ1) is 20.5. The Kier molecular flexibility index (Phi) is 6.75. The number of benzene rings is 2. The summed E-state index contributed by atoms with van der Waals surface area (Å²) in [6.45, 7) is 4.37. The van der Waals surface area contributed by atoms with Gasteiger partial charge in [0.1, 0.15) is 17.1 Å². The molecule has 0 N–H and O–H groups in total. The number of ether oxygens (including phenoxy) is 1. The molecule has 4 nitrogen and oxygen atoms in total. The van der Waals surface area contributed by atoms with Crippen LogP contribution in [0.25, 0.3) is 23.1 Å². The van der Waals surface area contributed by atoms with Gasteiger partial charge in [-0.15, -0.1) is 0 Å². The van der Waals surface area contributed by atoms with E-state index in [9.17, 15) is 0 Å². The summed E-state index contributed by atoms with van der Waals surface area (Å²) in [7, 11) is 4.10. The quantitative estimate of drug-likeness (QED) is 0.436. The summed E-state index contributed by atoms with van der Waals surface area (Å²) in [5.74, 6) is 1.73. The molecule has 2 aromatic carbocycles. The van der Waals surface area contributed by atoms with Crippen LogP contribution in [0, 0.1) is 0 Å². The van der Waals surface area contributed by atoms with Crippen LogP contribution in [0.1, 0.15) is 37.0 Å². The fourth-order valence-electron chi connectivity index (χ4n) is 3.93. The van der Waals surface area contributed by atoms with Crippen LogP contribution < -0.4 is 9.64 Å². The molecule has 0 bridgehead atoms. The molecule has 1 saturated heterocycles. The van der Waals surface area contributed by atoms with Crippen molar-refractivity contribution in [2.75, 3.05) is 45.2 Å². The van der Waals surface area contributed by atoms with Crippen molar-refractivity contribution in [3.63, 3.8) is 0 Å². The highest BCUT2D eigenvalue weighted by molar-refractivity contribution is 5.83. The van der Waals surface area contributed by atoms with Crippen LogP contribution in [0.5, 0.6) is 5.75 Å². The minimum absolute atomic E-state index is 0.748. The van der Waals surface area contributed by atoms with Gasteiger partial charge in [-0.3, -0.25) is 0 Å². The molecule has 0 amide bonds. The third-order valence-corrected chi connectivity index (χ3v) is 5.70. The number of piperidine rings is 1. The molecule has 1 fully saturated rings. The lowest BCUT2D eigenvalue weighted by atomic mass is 10.1. The number of anilines is 1. The first-order valence-corrected chi connectivity index (χ1v) is 11.0. The monoisotopic (exact) mass is 404 g/mol. The minimum Gasteiger partial charge on any atom is -0.493 e. The van der Waals surface area contributed by atoms with Crippen molar-refractivity contribution in [3.8, 4) is 5.75 Å². The maximum Gasteiger partial charge on any atom is 0.138 e. The van der Waals surface area contributed by atoms with E-state index in [1.54, 1.807) is 0 Å². The second-order valence-electron chi connectivity index (χ2n) is 8.27. The molecule has 2 heterocycles. The Morgan fingerprint density at radius 3 is 2.53 bits per heavy atom. The van der Waals surface area contributed by atoms with Gasteiger partial charge in [0.25, 0.3) is 0 Å². The number of likely N-dealkylation sites (tertiary alicyclic amines) is 1. The van der Waals surface area contributed by atoms with Crippen molar-refractivity contribution in [1.29, 1.82) is 0 Å². The molecule has 1 aliphatic rings. The smallest absolute Gasteiger partial charge is 0.138 e. The lowest BCUT2D eigenvalue weighted by Crippen LogP contribution is -2.31. The van der Waals surface area contributed by atoms with E-state index in [4.69, 9.17) is 9.15 Å². The van der Waals surface area contributed by atoms with E-state index in [0.29, 0.717) is 0 Å². The summed E-state index contributed by atoms with van der Waals surface area (Å²) in [6, 6.07) is 16.6. The number of hydrogen-bond acceptors (Lipinski definition) is 4. The molecule has 0 spiro atoms. The zero-order valence-corrected chi connectivity index (χ0v) is 18.1. The number of hydrogen-bond donors (Lipinski definition) is 0. The SMILES string of the molecule is CN(C)c1ccc(C=Cc2cc3ccc(OCCCN4CCCCC4)cc3o2)cc1. The minimum atomic E-state index is 0.748. The average molecular weight is 405 g/mol. The van der Waals surface area contributed by atoms with Gasteiger partial charge < -0.3 is 19.0 Å². The number of rotatable bonds is 8. The molecule has 0 atom stereocenters. The fraction of sp³-hybridized carbons (Fsp3) is 0.385. The molecule has 4 heteroatoms. The lowest BCUT2D eigenvalue weighted by Gasteiger charge is -2.26. The zero-order valence-electron chi connectivity index (χ0n) is 18.1. The third kappa shape index (κ3) is 5.45. The van der Waals surface area contributed by atoms with Crippen LogP contribution in [0.2, 0.25) is 0 Å². The van der Waals surface area contributed by atoms with Crippen molar-refractivity contribution < 1.29 is 9.15 Å². The van der Waals surface area contributed by atoms with Crippen molar-refractivity contribution >= 4 is 28.8 Å². The summed E-state index contributed by atoms with van der Waals surface area (Å²) in [5.41, 5.74) is 3.21. The highest BCUT2D eigenvalue weighted by atomic mass is 16.5. The molecule has 0 radical (unpaired) electrons. The van der Waals surface area contributed by atoms with Gasteiger partial charge in [0, 0.05) is 37.8 Å². The normalized spacial score (nSPS) is 15.1. The standard InChI is InChI=1S/C26H32N2O2/c1-27(2)23-11-7-21(8-12-23)9-13-25-19-22-10-14-24(20-26(22)30-25)29-18-6-17-28-15-4-3-5-16-28/h7-14,19-20H,3-6,15-18H2,1-2H3. The topological polar surface area (TPSA) is 28.9 Å². The van der Waals surface area contributed by atoms with E-state index in [2.05, 4.69) is 52.3 Å². The van der Waals surface area contributed by atoms with Gasteiger partial charge in [-0.2, -0.15) is 0 Å². The predicted molar refractivity (Wildman–Crippen MR) is 126 cm³/mol. The summed E-state index contributed by atoms with van der Waals surface area (Å²) in [4.78, 5) is 4.65. The van der Waals surface area contributed by atoms with Crippen LogP contribution in [-0.2, 0) is 0 Å². The number of furan rings is 1. The number of nitrogens with zero attached hydrogens (tertiary/aromatic N) is 2. The molecule has 1 aromatic heterocycles. The molecule has 4 rings (SSSR count). The number of fused-ring (bicyclic) bond motifs is 1. The van der Waals surface area contributed by atoms with Crippen LogP contribution in [0.15, 0.2) is 52.9 Å². The fourth-order valence-corrected chi connectivity index (χ4v) is 3.93. The third-order valence-electron chi connectivity index (χ3n) is 5.70. The summed E-state index contributed by atoms with van der Waals surface area (Å²) < 4.78 is 12.0. The van der Waals surface area contributed by atoms with Gasteiger partial charge in [0.05, 0.1) is 6.61 Å². The Morgan fingerprint density at radius 1 is 0.967 bits per heavy atom. The van der Waals surface area contributed by atoms with E-state index in [-0.39, 0.29) is 0 Å². The van der Waals surface area contributed by atoms with E-state index in [1.165, 1.54) is 38.0 Å². The molecule has 0 saturated carbocycles. The predicted octanol–water partition coefficient (Wildman–Crippen LogP) is 5.92. The maximum absolute atomic E-state index is 6.01. The van der Waals surface area contributed by atoms with Gasteiger partial charge in [-0.1, -0.05) is 24.6 Å². The average Bonchev–Trinajstić information content (AvgIpc) is 3.18. The van der Waals surface area contributed by atoms with Crippen molar-refractivity contribution in [3.05, 3.63) is 59.9 Å². The Morgan fingerprint density at radius 2 is 1.77 bits per heavy atom. The summed E-state index contributed by atoms with van der Waals surface area (Å²) in [5, 5.41) is 1.10. The van der Waals surface area contributed by atoms with E-state index in [1.807, 2.05) is 32.3 Å². The van der Waals surface area contributed by atoms with E-state index in [0.717, 1.165) is 47.6 Å². The zero-order chi connectivity index (χ0) is 20.8. The maximum atomic E-state index is 6.01. The van der Waals surface area contributed by atoms with Gasteiger partial charge in [0.2, 0.25) is 0 Å².